The molecule has 0 heterocycles. The summed E-state index contributed by atoms with van der Waals surface area (Å²) >= 11 is 0. The van der Waals surface area contributed by atoms with Crippen LogP contribution in [0, 0.1) is 10.1 Å². The second kappa shape index (κ2) is 9.10. The zero-order valence-electron chi connectivity index (χ0n) is 15.4. The Bertz CT molecular complexity index is 757. The highest BCUT2D eigenvalue weighted by Gasteiger charge is 2.14. The monoisotopic (exact) mass is 355 g/mol. The maximum absolute atomic E-state index is 12.3. The van der Waals surface area contributed by atoms with Crippen molar-refractivity contribution in [3.63, 3.8) is 0 Å². The number of para-hydroxylation sites is 1. The first kappa shape index (κ1) is 19.6. The van der Waals surface area contributed by atoms with Gasteiger partial charge in [0.25, 0.3) is 11.6 Å². The number of nitro groups is 1. The molecule has 0 aliphatic heterocycles. The van der Waals surface area contributed by atoms with Gasteiger partial charge in [-0.15, -0.1) is 0 Å². The average Bonchev–Trinajstić information content (AvgIpc) is 2.64. The number of benzene rings is 2. The maximum Gasteiger partial charge on any atom is 0.274 e. The lowest BCUT2D eigenvalue weighted by Crippen LogP contribution is -2.30. The summed E-state index contributed by atoms with van der Waals surface area (Å²) in [5.74, 6) is -0.245. The first-order valence-electron chi connectivity index (χ1n) is 8.75. The van der Waals surface area contributed by atoms with Crippen LogP contribution in [0.1, 0.15) is 42.3 Å². The average molecular weight is 355 g/mol. The summed E-state index contributed by atoms with van der Waals surface area (Å²) < 4.78 is 0. The summed E-state index contributed by atoms with van der Waals surface area (Å²) in [6.07, 6.45) is 0. The molecule has 0 saturated heterocycles. The van der Waals surface area contributed by atoms with Crippen LogP contribution in [0.15, 0.2) is 48.5 Å². The highest BCUT2D eigenvalue weighted by molar-refractivity contribution is 5.94. The molecule has 0 unspecified atom stereocenters. The number of hydrogen-bond acceptors (Lipinski definition) is 4. The van der Waals surface area contributed by atoms with Crippen molar-refractivity contribution >= 4 is 11.6 Å². The zero-order valence-corrected chi connectivity index (χ0v) is 15.4. The fraction of sp³-hybridized carbons (Fsp3) is 0.350. The lowest BCUT2D eigenvalue weighted by Gasteiger charge is -2.24. The molecular formula is C20H25N3O3. The predicted molar refractivity (Wildman–Crippen MR) is 102 cm³/mol. The molecule has 1 N–H and O–H groups in total. The van der Waals surface area contributed by atoms with Crippen molar-refractivity contribution in [1.82, 2.24) is 10.2 Å². The van der Waals surface area contributed by atoms with Crippen LogP contribution in [0.2, 0.25) is 0 Å². The predicted octanol–water partition coefficient (Wildman–Crippen LogP) is 3.76. The van der Waals surface area contributed by atoms with Gasteiger partial charge in [0.15, 0.2) is 0 Å². The van der Waals surface area contributed by atoms with Crippen LogP contribution in [-0.4, -0.2) is 28.3 Å². The second-order valence-corrected chi connectivity index (χ2v) is 6.42. The number of amides is 1. The van der Waals surface area contributed by atoms with Crippen LogP contribution >= 0.6 is 0 Å². The highest BCUT2D eigenvalue weighted by Crippen LogP contribution is 2.17. The van der Waals surface area contributed by atoms with Crippen LogP contribution in [0.25, 0.3) is 0 Å². The highest BCUT2D eigenvalue weighted by atomic mass is 16.6. The van der Waals surface area contributed by atoms with E-state index in [1.165, 1.54) is 6.07 Å². The van der Waals surface area contributed by atoms with E-state index >= 15 is 0 Å². The molecule has 0 aliphatic carbocycles. The summed E-state index contributed by atoms with van der Waals surface area (Å²) in [5, 5.41) is 13.8. The molecule has 26 heavy (non-hydrogen) atoms. The van der Waals surface area contributed by atoms with Gasteiger partial charge in [-0.1, -0.05) is 37.3 Å². The Kier molecular flexibility index (Phi) is 6.86. The normalized spacial score (nSPS) is 11.0. The van der Waals surface area contributed by atoms with Crippen molar-refractivity contribution < 1.29 is 9.72 Å². The van der Waals surface area contributed by atoms with Gasteiger partial charge in [-0.25, -0.2) is 0 Å². The molecule has 0 aromatic heterocycles. The molecule has 0 fully saturated rings. The first-order valence-corrected chi connectivity index (χ1v) is 8.75. The van der Waals surface area contributed by atoms with Crippen molar-refractivity contribution in [2.45, 2.75) is 39.9 Å². The molecule has 2 rings (SSSR count). The lowest BCUT2D eigenvalue weighted by molar-refractivity contribution is -0.385. The second-order valence-electron chi connectivity index (χ2n) is 6.42. The van der Waals surface area contributed by atoms with Crippen molar-refractivity contribution in [1.29, 1.82) is 0 Å². The molecule has 6 nitrogen and oxygen atoms in total. The van der Waals surface area contributed by atoms with E-state index in [4.69, 9.17) is 0 Å². The van der Waals surface area contributed by atoms with Crippen molar-refractivity contribution in [3.8, 4) is 0 Å². The van der Waals surface area contributed by atoms with E-state index in [0.29, 0.717) is 17.2 Å². The van der Waals surface area contributed by atoms with Gasteiger partial charge < -0.3 is 5.32 Å². The van der Waals surface area contributed by atoms with Crippen molar-refractivity contribution in [2.75, 3.05) is 6.54 Å². The Labute approximate surface area is 154 Å². The standard InChI is InChI=1S/C20H25N3O3/c1-4-22(15(2)3)14-16-9-11-17(12-10-16)20(24)21-13-18-7-5-6-8-19(18)23(25)26/h5-12,15H,4,13-14H2,1-3H3,(H,21,24). The Hall–Kier alpha value is -2.73. The third kappa shape index (κ3) is 5.13. The molecule has 0 bridgehead atoms. The SMILES string of the molecule is CCN(Cc1ccc(C(=O)NCc2ccccc2[N+](=O)[O-])cc1)C(C)C. The molecule has 1 amide bonds. The van der Waals surface area contributed by atoms with Crippen LogP contribution < -0.4 is 5.32 Å². The van der Waals surface area contributed by atoms with E-state index in [9.17, 15) is 14.9 Å². The molecule has 0 radical (unpaired) electrons. The quantitative estimate of drug-likeness (QED) is 0.578. The van der Waals surface area contributed by atoms with E-state index in [2.05, 4.69) is 31.0 Å². The molecule has 0 atom stereocenters. The van der Waals surface area contributed by atoms with Crippen molar-refractivity contribution in [2.24, 2.45) is 0 Å². The van der Waals surface area contributed by atoms with Gasteiger partial charge in [0, 0.05) is 36.3 Å². The summed E-state index contributed by atoms with van der Waals surface area (Å²) in [4.78, 5) is 25.2. The Morgan fingerprint density at radius 2 is 1.81 bits per heavy atom. The molecule has 2 aromatic rings. The third-order valence-corrected chi connectivity index (χ3v) is 4.37. The minimum absolute atomic E-state index is 0.0106. The number of carbonyl (C=O) groups is 1. The van der Waals surface area contributed by atoms with Gasteiger partial charge in [-0.3, -0.25) is 19.8 Å². The minimum atomic E-state index is -0.440. The van der Waals surface area contributed by atoms with E-state index in [0.717, 1.165) is 18.7 Å². The summed E-state index contributed by atoms with van der Waals surface area (Å²) in [7, 11) is 0. The fourth-order valence-corrected chi connectivity index (χ4v) is 2.77. The summed E-state index contributed by atoms with van der Waals surface area (Å²) in [6, 6.07) is 14.4. The van der Waals surface area contributed by atoms with Crippen LogP contribution in [0.3, 0.4) is 0 Å². The van der Waals surface area contributed by atoms with Gasteiger partial charge in [0.05, 0.1) is 4.92 Å². The van der Waals surface area contributed by atoms with Crippen LogP contribution in [0.5, 0.6) is 0 Å². The number of hydrogen-bond donors (Lipinski definition) is 1. The van der Waals surface area contributed by atoms with Gasteiger partial charge in [-0.2, -0.15) is 0 Å². The topological polar surface area (TPSA) is 75.5 Å². The third-order valence-electron chi connectivity index (χ3n) is 4.37. The number of carbonyl (C=O) groups excluding carboxylic acids is 1. The Morgan fingerprint density at radius 3 is 2.38 bits per heavy atom. The Morgan fingerprint density at radius 1 is 1.15 bits per heavy atom. The van der Waals surface area contributed by atoms with E-state index in [1.54, 1.807) is 30.3 Å². The molecule has 6 heteroatoms. The van der Waals surface area contributed by atoms with Crippen LogP contribution in [-0.2, 0) is 13.1 Å². The van der Waals surface area contributed by atoms with Crippen LogP contribution in [0.4, 0.5) is 5.69 Å². The first-order chi connectivity index (χ1) is 12.4. The van der Waals surface area contributed by atoms with E-state index in [1.807, 2.05) is 12.1 Å². The number of nitrogens with one attached hydrogen (secondary N) is 1. The fourth-order valence-electron chi connectivity index (χ4n) is 2.77. The van der Waals surface area contributed by atoms with Gasteiger partial charge in [-0.05, 0) is 38.1 Å². The molecule has 2 aromatic carbocycles. The van der Waals surface area contributed by atoms with Gasteiger partial charge >= 0.3 is 0 Å². The number of nitrogens with zero attached hydrogens (tertiary/aromatic N) is 2. The molecular weight excluding hydrogens is 330 g/mol. The van der Waals surface area contributed by atoms with Gasteiger partial charge in [0.2, 0.25) is 0 Å². The maximum atomic E-state index is 12.3. The molecule has 0 spiro atoms. The molecule has 0 saturated carbocycles. The summed E-state index contributed by atoms with van der Waals surface area (Å²) in [5.41, 5.74) is 2.19. The largest absolute Gasteiger partial charge is 0.348 e. The van der Waals surface area contributed by atoms with Crippen molar-refractivity contribution in [3.05, 3.63) is 75.3 Å². The van der Waals surface area contributed by atoms with E-state index in [-0.39, 0.29) is 18.1 Å². The summed E-state index contributed by atoms with van der Waals surface area (Å²) in [6.45, 7) is 8.38. The lowest BCUT2D eigenvalue weighted by atomic mass is 10.1. The van der Waals surface area contributed by atoms with E-state index < -0.39 is 4.92 Å². The smallest absolute Gasteiger partial charge is 0.274 e. The Balaban J connectivity index is 1.99. The van der Waals surface area contributed by atoms with Gasteiger partial charge in [0.1, 0.15) is 0 Å². The number of rotatable bonds is 8. The molecule has 138 valence electrons. The molecule has 0 aliphatic rings. The number of nitro benzene ring substituents is 1. The zero-order chi connectivity index (χ0) is 19.1. The minimum Gasteiger partial charge on any atom is -0.348 e.